The number of ether oxygens (including phenoxy) is 1. The molecule has 1 atom stereocenters. The van der Waals surface area contributed by atoms with Gasteiger partial charge < -0.3 is 20.9 Å². The van der Waals surface area contributed by atoms with Crippen LogP contribution >= 0.6 is 0 Å². The Labute approximate surface area is 143 Å². The lowest BCUT2D eigenvalue weighted by molar-refractivity contribution is -0.384. The molecular weight excluding hydrogens is 310 g/mol. The van der Waals surface area contributed by atoms with E-state index < -0.39 is 11.0 Å². The molecule has 0 spiro atoms. The SMILES string of the molecule is CC(C)(C)NCC(O)COc1cc(C(C)(C)C)cc([N+](=O)[O-])c1N. The number of hydrogen-bond donors (Lipinski definition) is 3. The van der Waals surface area contributed by atoms with Gasteiger partial charge in [-0.25, -0.2) is 0 Å². The molecule has 0 bridgehead atoms. The number of nitro groups is 1. The number of rotatable bonds is 6. The molecule has 1 aromatic carbocycles. The van der Waals surface area contributed by atoms with Gasteiger partial charge in [-0.1, -0.05) is 20.8 Å². The van der Waals surface area contributed by atoms with Crippen molar-refractivity contribution in [3.8, 4) is 5.75 Å². The highest BCUT2D eigenvalue weighted by molar-refractivity contribution is 5.69. The van der Waals surface area contributed by atoms with Crippen molar-refractivity contribution in [1.82, 2.24) is 5.32 Å². The second-order valence-corrected chi connectivity index (χ2v) is 8.01. The molecule has 7 nitrogen and oxygen atoms in total. The Morgan fingerprint density at radius 3 is 2.33 bits per heavy atom. The second kappa shape index (κ2) is 7.36. The molecule has 0 saturated heterocycles. The van der Waals surface area contributed by atoms with E-state index in [1.165, 1.54) is 6.07 Å². The monoisotopic (exact) mass is 339 g/mol. The second-order valence-electron chi connectivity index (χ2n) is 8.01. The highest BCUT2D eigenvalue weighted by atomic mass is 16.6. The average molecular weight is 339 g/mol. The summed E-state index contributed by atoms with van der Waals surface area (Å²) < 4.78 is 5.57. The quantitative estimate of drug-likeness (QED) is 0.417. The summed E-state index contributed by atoms with van der Waals surface area (Å²) in [6, 6.07) is 3.17. The molecule has 0 aliphatic rings. The van der Waals surface area contributed by atoms with E-state index in [0.29, 0.717) is 6.54 Å². The normalized spacial score (nSPS) is 13.6. The summed E-state index contributed by atoms with van der Waals surface area (Å²) >= 11 is 0. The minimum absolute atomic E-state index is 0.00195. The predicted molar refractivity (Wildman–Crippen MR) is 95.5 cm³/mol. The number of nitrogens with zero attached hydrogens (tertiary/aromatic N) is 1. The molecule has 0 amide bonds. The first kappa shape index (κ1) is 20.2. The van der Waals surface area contributed by atoms with Gasteiger partial charge in [0.05, 0.1) is 4.92 Å². The summed E-state index contributed by atoms with van der Waals surface area (Å²) in [4.78, 5) is 10.7. The maximum absolute atomic E-state index is 11.2. The summed E-state index contributed by atoms with van der Waals surface area (Å²) in [6.07, 6.45) is -0.749. The van der Waals surface area contributed by atoms with E-state index in [1.54, 1.807) is 6.07 Å². The smallest absolute Gasteiger partial charge is 0.296 e. The van der Waals surface area contributed by atoms with E-state index in [2.05, 4.69) is 5.32 Å². The van der Waals surface area contributed by atoms with Crippen molar-refractivity contribution in [3.05, 3.63) is 27.8 Å². The van der Waals surface area contributed by atoms with E-state index in [1.807, 2.05) is 41.5 Å². The van der Waals surface area contributed by atoms with E-state index in [4.69, 9.17) is 10.5 Å². The number of aliphatic hydroxyl groups excluding tert-OH is 1. The fraction of sp³-hybridized carbons (Fsp3) is 0.647. The molecule has 136 valence electrons. The summed E-state index contributed by atoms with van der Waals surface area (Å²) in [5.74, 6) is 0.226. The van der Waals surface area contributed by atoms with Crippen LogP contribution in [-0.2, 0) is 5.41 Å². The van der Waals surface area contributed by atoms with Crippen LogP contribution in [0.4, 0.5) is 11.4 Å². The van der Waals surface area contributed by atoms with E-state index >= 15 is 0 Å². The zero-order valence-corrected chi connectivity index (χ0v) is 15.3. The van der Waals surface area contributed by atoms with Gasteiger partial charge in [0.15, 0.2) is 5.69 Å². The summed E-state index contributed by atoms with van der Waals surface area (Å²) in [5.41, 5.74) is 6.00. The molecule has 0 aliphatic carbocycles. The van der Waals surface area contributed by atoms with Crippen molar-refractivity contribution in [2.24, 2.45) is 0 Å². The number of anilines is 1. The number of nitrogens with two attached hydrogens (primary N) is 1. The van der Waals surface area contributed by atoms with Gasteiger partial charge in [0.25, 0.3) is 5.69 Å². The van der Waals surface area contributed by atoms with Crippen LogP contribution in [0.1, 0.15) is 47.1 Å². The van der Waals surface area contributed by atoms with Gasteiger partial charge in [-0.2, -0.15) is 0 Å². The third-order valence-corrected chi connectivity index (χ3v) is 3.48. The fourth-order valence-electron chi connectivity index (χ4n) is 1.98. The minimum atomic E-state index is -0.749. The van der Waals surface area contributed by atoms with E-state index in [9.17, 15) is 15.2 Å². The van der Waals surface area contributed by atoms with Crippen LogP contribution < -0.4 is 15.8 Å². The van der Waals surface area contributed by atoms with Crippen molar-refractivity contribution in [2.45, 2.75) is 58.6 Å². The van der Waals surface area contributed by atoms with Gasteiger partial charge in [-0.05, 0) is 37.8 Å². The number of nitrogen functional groups attached to an aromatic ring is 1. The van der Waals surface area contributed by atoms with Gasteiger partial charge in [-0.3, -0.25) is 10.1 Å². The Bertz CT molecular complexity index is 589. The van der Waals surface area contributed by atoms with Crippen molar-refractivity contribution >= 4 is 11.4 Å². The summed E-state index contributed by atoms with van der Waals surface area (Å²) in [5, 5.41) is 24.4. The maximum atomic E-state index is 11.2. The highest BCUT2D eigenvalue weighted by Crippen LogP contribution is 2.37. The average Bonchev–Trinajstić information content (AvgIpc) is 2.41. The largest absolute Gasteiger partial charge is 0.488 e. The lowest BCUT2D eigenvalue weighted by Crippen LogP contribution is -2.42. The summed E-state index contributed by atoms with van der Waals surface area (Å²) in [6.45, 7) is 12.2. The van der Waals surface area contributed by atoms with Crippen molar-refractivity contribution < 1.29 is 14.8 Å². The standard InChI is InChI=1S/C17H29N3O4/c1-16(2,3)11-7-13(20(22)23)15(18)14(8-11)24-10-12(21)9-19-17(4,5)6/h7-8,12,19,21H,9-10,18H2,1-6H3. The predicted octanol–water partition coefficient (Wildman–Crippen LogP) is 2.60. The lowest BCUT2D eigenvalue weighted by atomic mass is 9.86. The third-order valence-electron chi connectivity index (χ3n) is 3.48. The highest BCUT2D eigenvalue weighted by Gasteiger charge is 2.24. The van der Waals surface area contributed by atoms with E-state index in [-0.39, 0.29) is 34.7 Å². The van der Waals surface area contributed by atoms with E-state index in [0.717, 1.165) is 5.56 Å². The number of nitro benzene ring substituents is 1. The van der Waals surface area contributed by atoms with Crippen molar-refractivity contribution in [2.75, 3.05) is 18.9 Å². The van der Waals surface area contributed by atoms with Crippen LogP contribution in [0.15, 0.2) is 12.1 Å². The molecule has 0 saturated carbocycles. The maximum Gasteiger partial charge on any atom is 0.296 e. The third kappa shape index (κ3) is 5.98. The van der Waals surface area contributed by atoms with Crippen LogP contribution in [-0.4, -0.2) is 34.8 Å². The first-order valence-electron chi connectivity index (χ1n) is 7.95. The molecule has 0 fully saturated rings. The van der Waals surface area contributed by atoms with Crippen LogP contribution in [0.5, 0.6) is 5.75 Å². The Kier molecular flexibility index (Phi) is 6.19. The van der Waals surface area contributed by atoms with Crippen molar-refractivity contribution in [3.63, 3.8) is 0 Å². The Balaban J connectivity index is 2.94. The molecule has 4 N–H and O–H groups in total. The van der Waals surface area contributed by atoms with Crippen molar-refractivity contribution in [1.29, 1.82) is 0 Å². The van der Waals surface area contributed by atoms with Gasteiger partial charge in [0.1, 0.15) is 18.5 Å². The molecule has 0 heterocycles. The molecule has 0 aromatic heterocycles. The van der Waals surface area contributed by atoms with Crippen LogP contribution in [0.25, 0.3) is 0 Å². The number of β-amino-alcohol motifs (C(OH)–C–C–N with tert-alkyl or cyclic N) is 1. The zero-order valence-electron chi connectivity index (χ0n) is 15.3. The molecule has 0 radical (unpaired) electrons. The van der Waals surface area contributed by atoms with Crippen LogP contribution in [0.3, 0.4) is 0 Å². The zero-order chi connectivity index (χ0) is 18.7. The molecular formula is C17H29N3O4. The fourth-order valence-corrected chi connectivity index (χ4v) is 1.98. The first-order valence-corrected chi connectivity index (χ1v) is 7.95. The molecule has 1 aromatic rings. The van der Waals surface area contributed by atoms with Crippen LogP contribution in [0, 0.1) is 10.1 Å². The van der Waals surface area contributed by atoms with Gasteiger partial charge in [0.2, 0.25) is 0 Å². The van der Waals surface area contributed by atoms with Gasteiger partial charge in [0, 0.05) is 18.2 Å². The molecule has 1 unspecified atom stereocenters. The minimum Gasteiger partial charge on any atom is -0.488 e. The van der Waals surface area contributed by atoms with Crippen LogP contribution in [0.2, 0.25) is 0 Å². The topological polar surface area (TPSA) is 111 Å². The van der Waals surface area contributed by atoms with Gasteiger partial charge in [-0.15, -0.1) is 0 Å². The number of hydrogen-bond acceptors (Lipinski definition) is 6. The molecule has 7 heteroatoms. The molecule has 0 aliphatic heterocycles. The molecule has 1 rings (SSSR count). The number of benzene rings is 1. The lowest BCUT2D eigenvalue weighted by Gasteiger charge is -2.24. The Morgan fingerprint density at radius 1 is 1.29 bits per heavy atom. The summed E-state index contributed by atoms with van der Waals surface area (Å²) in [7, 11) is 0. The molecule has 24 heavy (non-hydrogen) atoms. The first-order chi connectivity index (χ1) is 10.8. The number of nitrogens with one attached hydrogen (secondary N) is 1. The number of aliphatic hydroxyl groups is 1. The Hall–Kier alpha value is -1.86. The Morgan fingerprint density at radius 2 is 1.88 bits per heavy atom. The van der Waals surface area contributed by atoms with Gasteiger partial charge >= 0.3 is 0 Å².